The summed E-state index contributed by atoms with van der Waals surface area (Å²) in [6.07, 6.45) is -4.43. The molecule has 0 saturated carbocycles. The Morgan fingerprint density at radius 2 is 2.06 bits per heavy atom. The van der Waals surface area contributed by atoms with Crippen LogP contribution in [0.4, 0.5) is 18.9 Å². The molecular weight excluding hydrogens is 233 g/mol. The van der Waals surface area contributed by atoms with Gasteiger partial charge in [-0.2, -0.15) is 18.4 Å². The van der Waals surface area contributed by atoms with E-state index in [0.29, 0.717) is 18.9 Å². The molecule has 0 unspecified atom stereocenters. The van der Waals surface area contributed by atoms with E-state index in [1.807, 2.05) is 0 Å². The number of ether oxygens (including phenoxy) is 1. The van der Waals surface area contributed by atoms with Crippen molar-refractivity contribution in [2.75, 3.05) is 18.5 Å². The fourth-order valence-electron chi connectivity index (χ4n) is 1.48. The Hall–Kier alpha value is -1.74. The molecule has 1 N–H and O–H groups in total. The molecule has 1 aromatic carbocycles. The molecule has 0 aliphatic carbocycles. The lowest BCUT2D eigenvalue weighted by molar-refractivity contribution is -0.137. The monoisotopic (exact) mass is 242 g/mol. The molecular formula is C11H9F3N2O. The molecule has 1 heterocycles. The molecule has 3 nitrogen and oxygen atoms in total. The summed E-state index contributed by atoms with van der Waals surface area (Å²) in [5, 5.41) is 11.8. The van der Waals surface area contributed by atoms with E-state index in [0.717, 1.165) is 12.1 Å². The maximum absolute atomic E-state index is 12.4. The van der Waals surface area contributed by atoms with Gasteiger partial charge in [0.1, 0.15) is 6.07 Å². The summed E-state index contributed by atoms with van der Waals surface area (Å²) >= 11 is 0. The largest absolute Gasteiger partial charge is 0.416 e. The number of benzene rings is 1. The molecule has 1 aliphatic heterocycles. The van der Waals surface area contributed by atoms with Crippen molar-refractivity contribution in [1.29, 1.82) is 5.26 Å². The Bertz CT molecular complexity index is 461. The van der Waals surface area contributed by atoms with Gasteiger partial charge in [-0.15, -0.1) is 0 Å². The minimum Gasteiger partial charge on any atom is -0.377 e. The van der Waals surface area contributed by atoms with E-state index < -0.39 is 11.7 Å². The van der Waals surface area contributed by atoms with Crippen molar-refractivity contribution in [2.24, 2.45) is 0 Å². The van der Waals surface area contributed by atoms with Gasteiger partial charge in [-0.05, 0) is 18.2 Å². The summed E-state index contributed by atoms with van der Waals surface area (Å²) in [6.45, 7) is 1.01. The zero-order valence-electron chi connectivity index (χ0n) is 8.71. The minimum absolute atomic E-state index is 0.00766. The first-order valence-corrected chi connectivity index (χ1v) is 4.96. The topological polar surface area (TPSA) is 45.0 Å². The molecule has 90 valence electrons. The second-order valence-corrected chi connectivity index (χ2v) is 3.75. The van der Waals surface area contributed by atoms with Crippen LogP contribution in [0, 0.1) is 11.3 Å². The number of anilines is 1. The Morgan fingerprint density at radius 1 is 1.35 bits per heavy atom. The van der Waals surface area contributed by atoms with Crippen LogP contribution in [0.2, 0.25) is 0 Å². The third kappa shape index (κ3) is 2.50. The predicted molar refractivity (Wildman–Crippen MR) is 54.4 cm³/mol. The molecule has 0 aromatic heterocycles. The smallest absolute Gasteiger partial charge is 0.377 e. The van der Waals surface area contributed by atoms with Gasteiger partial charge in [0.15, 0.2) is 0 Å². The number of nitrogens with zero attached hydrogens (tertiary/aromatic N) is 1. The molecule has 1 aliphatic rings. The minimum atomic E-state index is -4.43. The molecule has 1 fully saturated rings. The summed E-state index contributed by atoms with van der Waals surface area (Å²) < 4.78 is 42.2. The van der Waals surface area contributed by atoms with Gasteiger partial charge in [0.05, 0.1) is 36.1 Å². The normalized spacial score (nSPS) is 16.1. The summed E-state index contributed by atoms with van der Waals surface area (Å²) in [6, 6.07) is 4.91. The van der Waals surface area contributed by atoms with Gasteiger partial charge in [0, 0.05) is 0 Å². The van der Waals surface area contributed by atoms with Crippen molar-refractivity contribution in [3.8, 4) is 6.07 Å². The van der Waals surface area contributed by atoms with Crippen molar-refractivity contribution in [1.82, 2.24) is 0 Å². The molecule has 2 rings (SSSR count). The van der Waals surface area contributed by atoms with Crippen LogP contribution >= 0.6 is 0 Å². The van der Waals surface area contributed by atoms with E-state index in [1.165, 1.54) is 6.07 Å². The van der Waals surface area contributed by atoms with E-state index in [1.54, 1.807) is 6.07 Å². The molecule has 0 spiro atoms. The van der Waals surface area contributed by atoms with Crippen molar-refractivity contribution < 1.29 is 17.9 Å². The third-order valence-corrected chi connectivity index (χ3v) is 2.47. The van der Waals surface area contributed by atoms with Crippen molar-refractivity contribution in [2.45, 2.75) is 12.2 Å². The Balaban J connectivity index is 2.25. The average Bonchev–Trinajstić information content (AvgIpc) is 2.22. The Labute approximate surface area is 95.8 Å². The van der Waals surface area contributed by atoms with E-state index in [9.17, 15) is 13.2 Å². The first-order valence-electron chi connectivity index (χ1n) is 4.96. The summed E-state index contributed by atoms with van der Waals surface area (Å²) in [4.78, 5) is 0. The first kappa shape index (κ1) is 11.7. The van der Waals surface area contributed by atoms with Crippen LogP contribution in [0.15, 0.2) is 18.2 Å². The first-order chi connectivity index (χ1) is 8.00. The summed E-state index contributed by atoms with van der Waals surface area (Å²) in [5.74, 6) is 0. The molecule has 0 radical (unpaired) electrons. The van der Waals surface area contributed by atoms with E-state index in [-0.39, 0.29) is 11.6 Å². The van der Waals surface area contributed by atoms with Crippen LogP contribution in [-0.2, 0) is 10.9 Å². The summed E-state index contributed by atoms with van der Waals surface area (Å²) in [5.41, 5.74) is -0.412. The van der Waals surface area contributed by atoms with Crippen LogP contribution in [0.25, 0.3) is 0 Å². The number of halogens is 3. The lowest BCUT2D eigenvalue weighted by Crippen LogP contribution is -2.40. The van der Waals surface area contributed by atoms with Crippen LogP contribution in [-0.4, -0.2) is 19.3 Å². The van der Waals surface area contributed by atoms with Crippen molar-refractivity contribution >= 4 is 5.69 Å². The number of rotatable bonds is 2. The van der Waals surface area contributed by atoms with Gasteiger partial charge in [-0.25, -0.2) is 0 Å². The van der Waals surface area contributed by atoms with Gasteiger partial charge in [0.25, 0.3) is 0 Å². The average molecular weight is 242 g/mol. The number of nitriles is 1. The maximum atomic E-state index is 12.4. The van der Waals surface area contributed by atoms with Gasteiger partial charge in [-0.1, -0.05) is 0 Å². The zero-order chi connectivity index (χ0) is 12.5. The second-order valence-electron chi connectivity index (χ2n) is 3.75. The predicted octanol–water partition coefficient (Wildman–Crippen LogP) is 2.39. The quantitative estimate of drug-likeness (QED) is 0.866. The van der Waals surface area contributed by atoms with E-state index >= 15 is 0 Å². The number of hydrogen-bond acceptors (Lipinski definition) is 3. The molecule has 0 amide bonds. The molecule has 6 heteroatoms. The van der Waals surface area contributed by atoms with Gasteiger partial charge in [0.2, 0.25) is 0 Å². The summed E-state index contributed by atoms with van der Waals surface area (Å²) in [7, 11) is 0. The molecule has 1 aromatic rings. The van der Waals surface area contributed by atoms with E-state index in [2.05, 4.69) is 5.32 Å². The van der Waals surface area contributed by atoms with Crippen LogP contribution in [0.5, 0.6) is 0 Å². The maximum Gasteiger partial charge on any atom is 0.416 e. The van der Waals surface area contributed by atoms with Crippen LogP contribution in [0.1, 0.15) is 11.1 Å². The highest BCUT2D eigenvalue weighted by Crippen LogP contribution is 2.31. The lowest BCUT2D eigenvalue weighted by Gasteiger charge is -2.28. The van der Waals surface area contributed by atoms with Gasteiger partial charge >= 0.3 is 6.18 Å². The van der Waals surface area contributed by atoms with Crippen LogP contribution < -0.4 is 5.32 Å². The number of alkyl halides is 3. The van der Waals surface area contributed by atoms with Crippen molar-refractivity contribution in [3.63, 3.8) is 0 Å². The van der Waals surface area contributed by atoms with Gasteiger partial charge < -0.3 is 10.1 Å². The molecule has 1 saturated heterocycles. The Kier molecular flexibility index (Phi) is 2.94. The van der Waals surface area contributed by atoms with Gasteiger partial charge in [-0.3, -0.25) is 0 Å². The van der Waals surface area contributed by atoms with Crippen LogP contribution in [0.3, 0.4) is 0 Å². The third-order valence-electron chi connectivity index (χ3n) is 2.47. The standard InChI is InChI=1S/C11H9F3N2O/c12-11(13,14)8-1-2-10(7(3-8)4-15)16-9-5-17-6-9/h1-3,9,16H,5-6H2. The molecule has 17 heavy (non-hydrogen) atoms. The van der Waals surface area contributed by atoms with Crippen molar-refractivity contribution in [3.05, 3.63) is 29.3 Å². The number of nitrogens with one attached hydrogen (secondary N) is 1. The highest BCUT2D eigenvalue weighted by atomic mass is 19.4. The fraction of sp³-hybridized carbons (Fsp3) is 0.364. The van der Waals surface area contributed by atoms with E-state index in [4.69, 9.17) is 10.00 Å². The highest BCUT2D eigenvalue weighted by molar-refractivity contribution is 5.59. The number of hydrogen-bond donors (Lipinski definition) is 1. The SMILES string of the molecule is N#Cc1cc(C(F)(F)F)ccc1NC1COC1. The molecule has 0 atom stereocenters. The lowest BCUT2D eigenvalue weighted by atomic mass is 10.1. The highest BCUT2D eigenvalue weighted by Gasteiger charge is 2.31. The zero-order valence-corrected chi connectivity index (χ0v) is 8.71. The Morgan fingerprint density at radius 3 is 2.53 bits per heavy atom. The molecule has 0 bridgehead atoms. The second kappa shape index (κ2) is 4.26. The fourth-order valence-corrected chi connectivity index (χ4v) is 1.48.